The molecule has 1 spiro atoms. The molecule has 2 aliphatic carbocycles. The average molecular weight is 538 g/mol. The molecule has 3 heterocycles. The summed E-state index contributed by atoms with van der Waals surface area (Å²) in [5.74, 6) is -2.50. The summed E-state index contributed by atoms with van der Waals surface area (Å²) in [6.07, 6.45) is -1.06. The van der Waals surface area contributed by atoms with Crippen LogP contribution in [0.25, 0.3) is 0 Å². The monoisotopic (exact) mass is 537 g/mol. The minimum Gasteiger partial charge on any atom is -0.341 e. The van der Waals surface area contributed by atoms with Crippen molar-refractivity contribution in [2.45, 2.75) is 64.1 Å². The van der Waals surface area contributed by atoms with E-state index in [2.05, 4.69) is 15.4 Å². The van der Waals surface area contributed by atoms with Crippen LogP contribution < -0.4 is 5.32 Å². The summed E-state index contributed by atoms with van der Waals surface area (Å²) in [4.78, 5) is 56.2. The molecule has 0 aromatic carbocycles. The molecule has 2 saturated carbocycles. The summed E-state index contributed by atoms with van der Waals surface area (Å²) in [6, 6.07) is 0.919. The number of nitrogens with zero attached hydrogens (tertiary/aromatic N) is 4. The number of thiazole rings is 1. The van der Waals surface area contributed by atoms with E-state index in [9.17, 15) is 32.3 Å². The van der Waals surface area contributed by atoms with Gasteiger partial charge in [0.2, 0.25) is 11.8 Å². The molecule has 0 bridgehead atoms. The fourth-order valence-electron chi connectivity index (χ4n) is 5.15. The van der Waals surface area contributed by atoms with Crippen LogP contribution in [0, 0.1) is 18.3 Å². The van der Waals surface area contributed by atoms with Gasteiger partial charge in [-0.1, -0.05) is 0 Å². The second-order valence-corrected chi connectivity index (χ2v) is 11.2. The first-order valence-corrected chi connectivity index (χ1v) is 13.0. The van der Waals surface area contributed by atoms with Gasteiger partial charge in [-0.05, 0) is 44.1 Å². The van der Waals surface area contributed by atoms with Crippen molar-refractivity contribution in [1.29, 1.82) is 0 Å². The first-order chi connectivity index (χ1) is 17.4. The Labute approximate surface area is 214 Å². The summed E-state index contributed by atoms with van der Waals surface area (Å²) in [6.45, 7) is 2.05. The van der Waals surface area contributed by atoms with E-state index in [1.807, 2.05) is 0 Å². The van der Waals surface area contributed by atoms with E-state index >= 15 is 0 Å². The molecule has 3 fully saturated rings. The molecule has 2 aromatic rings. The van der Waals surface area contributed by atoms with E-state index in [0.717, 1.165) is 28.6 Å². The fraction of sp³-hybridized carbons (Fsp3) is 0.583. The lowest BCUT2D eigenvalue weighted by molar-refractivity contribution is -0.143. The Morgan fingerprint density at radius 3 is 2.38 bits per heavy atom. The highest BCUT2D eigenvalue weighted by Gasteiger charge is 2.53. The molecule has 5 rings (SSSR count). The molecule has 0 radical (unpaired) electrons. The van der Waals surface area contributed by atoms with E-state index in [0.29, 0.717) is 31.7 Å². The normalized spacial score (nSPS) is 20.5. The average Bonchev–Trinajstić information content (AvgIpc) is 3.21. The zero-order chi connectivity index (χ0) is 26.5. The second kappa shape index (κ2) is 9.34. The molecule has 0 unspecified atom stereocenters. The number of piperidine rings is 1. The van der Waals surface area contributed by atoms with Gasteiger partial charge >= 0.3 is 6.18 Å². The Bertz CT molecular complexity index is 1240. The van der Waals surface area contributed by atoms with Crippen LogP contribution in [-0.4, -0.2) is 56.1 Å². The third kappa shape index (κ3) is 5.32. The van der Waals surface area contributed by atoms with Crippen LogP contribution in [0.3, 0.4) is 0 Å². The number of hydrogen-bond acceptors (Lipinski definition) is 7. The number of rotatable bonds is 5. The predicted molar refractivity (Wildman–Crippen MR) is 126 cm³/mol. The predicted octanol–water partition coefficient (Wildman–Crippen LogP) is 3.34. The van der Waals surface area contributed by atoms with Gasteiger partial charge in [0, 0.05) is 42.9 Å². The highest BCUT2D eigenvalue weighted by Crippen LogP contribution is 2.55. The van der Waals surface area contributed by atoms with Crippen LogP contribution in [0.4, 0.5) is 19.0 Å². The minimum atomic E-state index is -4.57. The van der Waals surface area contributed by atoms with Crippen LogP contribution in [0.2, 0.25) is 0 Å². The zero-order valence-corrected chi connectivity index (χ0v) is 21.0. The molecule has 13 heteroatoms. The highest BCUT2D eigenvalue weighted by atomic mass is 32.1. The van der Waals surface area contributed by atoms with Crippen molar-refractivity contribution >= 4 is 40.5 Å². The topological polar surface area (TPSA) is 114 Å². The van der Waals surface area contributed by atoms with E-state index in [1.54, 1.807) is 10.3 Å². The summed E-state index contributed by atoms with van der Waals surface area (Å²) in [7, 11) is 0. The van der Waals surface area contributed by atoms with E-state index in [-0.39, 0.29) is 53.9 Å². The number of ketones is 2. The third-order valence-corrected chi connectivity index (χ3v) is 8.50. The molecule has 1 aliphatic heterocycles. The molecule has 198 valence electrons. The van der Waals surface area contributed by atoms with Gasteiger partial charge in [0.1, 0.15) is 12.4 Å². The van der Waals surface area contributed by atoms with Crippen molar-refractivity contribution in [3.8, 4) is 0 Å². The Balaban J connectivity index is 1.13. The zero-order valence-electron chi connectivity index (χ0n) is 20.1. The van der Waals surface area contributed by atoms with Crippen LogP contribution in [0.5, 0.6) is 0 Å². The van der Waals surface area contributed by atoms with Gasteiger partial charge in [0.15, 0.2) is 23.2 Å². The first-order valence-electron chi connectivity index (χ1n) is 12.2. The number of aromatic nitrogens is 3. The number of anilines is 1. The summed E-state index contributed by atoms with van der Waals surface area (Å²) < 4.78 is 39.7. The van der Waals surface area contributed by atoms with Gasteiger partial charge in [-0.25, -0.2) is 4.98 Å². The van der Waals surface area contributed by atoms with Gasteiger partial charge < -0.3 is 10.2 Å². The second-order valence-electron chi connectivity index (χ2n) is 10.3. The number of amides is 2. The number of halogens is 3. The molecule has 1 N–H and O–H groups in total. The summed E-state index contributed by atoms with van der Waals surface area (Å²) in [5, 5.41) is 8.58. The number of aryl methyl sites for hydroxylation is 1. The summed E-state index contributed by atoms with van der Waals surface area (Å²) >= 11 is 1.36. The molecule has 3 aliphatic rings. The summed E-state index contributed by atoms with van der Waals surface area (Å²) in [5.41, 5.74) is -0.957. The van der Waals surface area contributed by atoms with E-state index in [4.69, 9.17) is 0 Å². The van der Waals surface area contributed by atoms with Crippen LogP contribution in [-0.2, 0) is 31.9 Å². The Hall–Kier alpha value is -3.09. The smallest absolute Gasteiger partial charge is 0.341 e. The number of hydrogen-bond donors (Lipinski definition) is 1. The molecule has 9 nitrogen and oxygen atoms in total. The van der Waals surface area contributed by atoms with Gasteiger partial charge in [-0.3, -0.25) is 23.9 Å². The third-order valence-electron chi connectivity index (χ3n) is 7.49. The fourth-order valence-corrected chi connectivity index (χ4v) is 6.07. The standard InChI is InChI=1S/C24H26F3N5O4S/c1-13-8-17(24(25,26)27)30-32(13)11-19(35)31-6-2-14(3-7-31)22-29-18(12-37-22)28-21(36)20-15(33)9-23(4-5-23)10-16(20)34/h8,12,14,20H,2-7,9-11H2,1H3,(H,28,36). The van der Waals surface area contributed by atoms with Crippen molar-refractivity contribution < 1.29 is 32.3 Å². The van der Waals surface area contributed by atoms with Gasteiger partial charge in [-0.15, -0.1) is 11.3 Å². The van der Waals surface area contributed by atoms with Crippen LogP contribution >= 0.6 is 11.3 Å². The number of carbonyl (C=O) groups is 4. The molecule has 2 aromatic heterocycles. The molecule has 0 atom stereocenters. The number of likely N-dealkylation sites (tertiary alicyclic amines) is 1. The van der Waals surface area contributed by atoms with Crippen LogP contribution in [0.1, 0.15) is 60.8 Å². The van der Waals surface area contributed by atoms with E-state index in [1.165, 1.54) is 18.3 Å². The quantitative estimate of drug-likeness (QED) is 0.586. The molecule has 2 amide bonds. The van der Waals surface area contributed by atoms with Crippen molar-refractivity contribution in [3.63, 3.8) is 0 Å². The maximum Gasteiger partial charge on any atom is 0.435 e. The lowest BCUT2D eigenvalue weighted by atomic mass is 9.77. The van der Waals surface area contributed by atoms with Crippen molar-refractivity contribution in [1.82, 2.24) is 19.7 Å². The van der Waals surface area contributed by atoms with Crippen molar-refractivity contribution in [2.75, 3.05) is 18.4 Å². The van der Waals surface area contributed by atoms with Gasteiger partial charge in [0.25, 0.3) is 0 Å². The Kier molecular flexibility index (Phi) is 6.45. The number of Topliss-reactive ketones (excluding diaryl/α,β-unsaturated/α-hetero) is 2. The molecule has 37 heavy (non-hydrogen) atoms. The first kappa shape index (κ1) is 25.6. The van der Waals surface area contributed by atoms with Crippen molar-refractivity contribution in [3.05, 3.63) is 27.8 Å². The maximum absolute atomic E-state index is 12.9. The SMILES string of the molecule is Cc1cc(C(F)(F)F)nn1CC(=O)N1CCC(c2nc(NC(=O)C3C(=O)CC4(CC4)CC3=O)cs2)CC1. The maximum atomic E-state index is 12.9. The van der Waals surface area contributed by atoms with E-state index < -0.39 is 23.7 Å². The number of nitrogens with one attached hydrogen (secondary N) is 1. The largest absolute Gasteiger partial charge is 0.435 e. The van der Waals surface area contributed by atoms with Gasteiger partial charge in [-0.2, -0.15) is 18.3 Å². The Morgan fingerprint density at radius 2 is 1.81 bits per heavy atom. The lowest BCUT2D eigenvalue weighted by Crippen LogP contribution is -2.42. The molecular formula is C24H26F3N5O4S. The molecular weight excluding hydrogens is 511 g/mol. The number of carbonyl (C=O) groups excluding carboxylic acids is 4. The molecule has 1 saturated heterocycles. The lowest BCUT2D eigenvalue weighted by Gasteiger charge is -2.31. The minimum absolute atomic E-state index is 0.0515. The van der Waals surface area contributed by atoms with Gasteiger partial charge in [0.05, 0.1) is 5.01 Å². The number of alkyl halides is 3. The Morgan fingerprint density at radius 1 is 1.16 bits per heavy atom. The van der Waals surface area contributed by atoms with Crippen LogP contribution in [0.15, 0.2) is 11.4 Å². The van der Waals surface area contributed by atoms with Crippen molar-refractivity contribution in [2.24, 2.45) is 11.3 Å². The highest BCUT2D eigenvalue weighted by molar-refractivity contribution is 7.10.